The summed E-state index contributed by atoms with van der Waals surface area (Å²) < 4.78 is 1.50. The first-order chi connectivity index (χ1) is 10.1. The maximum atomic E-state index is 12.3. The maximum absolute atomic E-state index is 12.3. The normalized spacial score (nSPS) is 11.2. The highest BCUT2D eigenvalue weighted by molar-refractivity contribution is 5.88. The van der Waals surface area contributed by atoms with Gasteiger partial charge in [-0.05, 0) is 25.2 Å². The molecule has 1 aromatic carbocycles. The van der Waals surface area contributed by atoms with Crippen molar-refractivity contribution >= 4 is 17.0 Å². The van der Waals surface area contributed by atoms with Crippen molar-refractivity contribution in [1.82, 2.24) is 14.5 Å². The molecule has 112 valence electrons. The summed E-state index contributed by atoms with van der Waals surface area (Å²) in [6.07, 6.45) is 0. The summed E-state index contributed by atoms with van der Waals surface area (Å²) in [5, 5.41) is 9.13. The van der Waals surface area contributed by atoms with Crippen LogP contribution in [0.3, 0.4) is 0 Å². The lowest BCUT2D eigenvalue weighted by Gasteiger charge is -2.19. The van der Waals surface area contributed by atoms with Gasteiger partial charge in [-0.2, -0.15) is 0 Å². The first kappa shape index (κ1) is 15.2. The molecular weight excluding hydrogens is 270 g/mol. The number of para-hydroxylation sites is 2. The molecule has 0 atom stereocenters. The van der Waals surface area contributed by atoms with Crippen LogP contribution in [-0.4, -0.2) is 45.2 Å². The van der Waals surface area contributed by atoms with Crippen LogP contribution in [0.25, 0.3) is 11.0 Å². The Morgan fingerprint density at radius 3 is 2.57 bits per heavy atom. The van der Waals surface area contributed by atoms with Gasteiger partial charge in [-0.15, -0.1) is 0 Å². The van der Waals surface area contributed by atoms with Gasteiger partial charge in [0.25, 0.3) is 5.56 Å². The molecule has 21 heavy (non-hydrogen) atoms. The Bertz CT molecular complexity index is 705. The lowest BCUT2D eigenvalue weighted by molar-refractivity contribution is 0.0688. The molecule has 0 unspecified atom stereocenters. The zero-order chi connectivity index (χ0) is 15.4. The molecule has 0 amide bonds. The third-order valence-corrected chi connectivity index (χ3v) is 3.59. The van der Waals surface area contributed by atoms with Gasteiger partial charge in [0.05, 0.1) is 11.0 Å². The van der Waals surface area contributed by atoms with Crippen LogP contribution >= 0.6 is 0 Å². The summed E-state index contributed by atoms with van der Waals surface area (Å²) in [7, 11) is 0. The fourth-order valence-corrected chi connectivity index (χ4v) is 2.34. The number of nitrogens with zero attached hydrogens (tertiary/aromatic N) is 3. The predicted molar refractivity (Wildman–Crippen MR) is 80.8 cm³/mol. The van der Waals surface area contributed by atoms with Crippen molar-refractivity contribution in [2.75, 3.05) is 19.6 Å². The highest BCUT2D eigenvalue weighted by atomic mass is 16.4. The Morgan fingerprint density at radius 1 is 1.29 bits per heavy atom. The predicted octanol–water partition coefficient (Wildman–Crippen LogP) is 1.44. The number of aromatic nitrogens is 2. The molecular formula is C15H19N3O3. The van der Waals surface area contributed by atoms with E-state index in [2.05, 4.69) is 23.7 Å². The fourth-order valence-electron chi connectivity index (χ4n) is 2.34. The quantitative estimate of drug-likeness (QED) is 0.871. The molecule has 1 N–H and O–H groups in total. The lowest BCUT2D eigenvalue weighted by atomic mass is 10.2. The standard InChI is InChI=1S/C15H19N3O3/c1-3-17(4-2)9-10-18-12-8-6-5-7-11(12)16-13(14(18)19)15(20)21/h5-8H,3-4,9-10H2,1-2H3,(H,20,21). The van der Waals surface area contributed by atoms with Crippen LogP contribution < -0.4 is 5.56 Å². The molecule has 0 saturated heterocycles. The van der Waals surface area contributed by atoms with Gasteiger partial charge in [0, 0.05) is 13.1 Å². The molecule has 0 aliphatic rings. The molecule has 2 aromatic rings. The zero-order valence-corrected chi connectivity index (χ0v) is 12.2. The van der Waals surface area contributed by atoms with E-state index in [4.69, 9.17) is 5.11 Å². The van der Waals surface area contributed by atoms with Crippen molar-refractivity contribution in [3.8, 4) is 0 Å². The summed E-state index contributed by atoms with van der Waals surface area (Å²) in [5.74, 6) is -1.29. The molecule has 0 spiro atoms. The fraction of sp³-hybridized carbons (Fsp3) is 0.400. The lowest BCUT2D eigenvalue weighted by Crippen LogP contribution is -2.34. The van der Waals surface area contributed by atoms with Crippen LogP contribution in [0.5, 0.6) is 0 Å². The molecule has 0 fully saturated rings. The second kappa shape index (κ2) is 6.49. The van der Waals surface area contributed by atoms with E-state index >= 15 is 0 Å². The van der Waals surface area contributed by atoms with E-state index in [-0.39, 0.29) is 0 Å². The largest absolute Gasteiger partial charge is 0.476 e. The SMILES string of the molecule is CCN(CC)CCn1c(=O)c(C(=O)O)nc2ccccc21. The highest BCUT2D eigenvalue weighted by Gasteiger charge is 2.16. The molecule has 1 heterocycles. The van der Waals surface area contributed by atoms with Gasteiger partial charge in [0.2, 0.25) is 5.69 Å². The van der Waals surface area contributed by atoms with Crippen LogP contribution in [-0.2, 0) is 6.54 Å². The second-order valence-electron chi connectivity index (χ2n) is 4.74. The molecule has 0 aliphatic heterocycles. The number of benzene rings is 1. The van der Waals surface area contributed by atoms with Crippen LogP contribution in [0.15, 0.2) is 29.1 Å². The average molecular weight is 289 g/mol. The van der Waals surface area contributed by atoms with E-state index in [1.54, 1.807) is 18.2 Å². The number of carboxylic acids is 1. The molecule has 0 saturated carbocycles. The number of rotatable bonds is 6. The number of hydrogen-bond acceptors (Lipinski definition) is 4. The Labute approximate surface area is 122 Å². The van der Waals surface area contributed by atoms with E-state index in [1.807, 2.05) is 6.07 Å². The molecule has 0 aliphatic carbocycles. The summed E-state index contributed by atoms with van der Waals surface area (Å²) in [6, 6.07) is 7.10. The number of aromatic carboxylic acids is 1. The van der Waals surface area contributed by atoms with E-state index < -0.39 is 17.2 Å². The molecule has 6 nitrogen and oxygen atoms in total. The number of fused-ring (bicyclic) bond motifs is 1. The van der Waals surface area contributed by atoms with Crippen molar-refractivity contribution in [2.45, 2.75) is 20.4 Å². The number of carbonyl (C=O) groups is 1. The van der Waals surface area contributed by atoms with Crippen molar-refractivity contribution in [2.24, 2.45) is 0 Å². The van der Waals surface area contributed by atoms with Crippen LogP contribution in [0.2, 0.25) is 0 Å². The first-order valence-electron chi connectivity index (χ1n) is 7.03. The van der Waals surface area contributed by atoms with Crippen LogP contribution in [0.1, 0.15) is 24.3 Å². The van der Waals surface area contributed by atoms with Gasteiger partial charge in [0.1, 0.15) is 0 Å². The van der Waals surface area contributed by atoms with Gasteiger partial charge in [0.15, 0.2) is 0 Å². The van der Waals surface area contributed by atoms with Crippen LogP contribution in [0, 0.1) is 0 Å². The van der Waals surface area contributed by atoms with Gasteiger partial charge in [-0.25, -0.2) is 9.78 Å². The molecule has 2 rings (SSSR count). The maximum Gasteiger partial charge on any atom is 0.360 e. The van der Waals surface area contributed by atoms with Crippen LogP contribution in [0.4, 0.5) is 0 Å². The average Bonchev–Trinajstić information content (AvgIpc) is 2.49. The van der Waals surface area contributed by atoms with Crippen molar-refractivity contribution < 1.29 is 9.90 Å². The Kier molecular flexibility index (Phi) is 4.70. The Hall–Kier alpha value is -2.21. The van der Waals surface area contributed by atoms with E-state index in [1.165, 1.54) is 4.57 Å². The highest BCUT2D eigenvalue weighted by Crippen LogP contribution is 2.10. The first-order valence-corrected chi connectivity index (χ1v) is 7.03. The minimum atomic E-state index is -1.29. The smallest absolute Gasteiger partial charge is 0.360 e. The number of hydrogen-bond donors (Lipinski definition) is 1. The van der Waals surface area contributed by atoms with Gasteiger partial charge in [-0.3, -0.25) is 4.79 Å². The Balaban J connectivity index is 2.51. The number of carboxylic acid groups (broad SMARTS) is 1. The van der Waals surface area contributed by atoms with E-state index in [9.17, 15) is 9.59 Å². The van der Waals surface area contributed by atoms with E-state index in [0.29, 0.717) is 24.1 Å². The van der Waals surface area contributed by atoms with Gasteiger partial charge < -0.3 is 14.6 Å². The summed E-state index contributed by atoms with van der Waals surface area (Å²) in [5.41, 5.74) is 0.218. The molecule has 6 heteroatoms. The van der Waals surface area contributed by atoms with Gasteiger partial charge >= 0.3 is 5.97 Å². The molecule has 0 radical (unpaired) electrons. The summed E-state index contributed by atoms with van der Waals surface area (Å²) >= 11 is 0. The van der Waals surface area contributed by atoms with Crippen molar-refractivity contribution in [3.05, 3.63) is 40.3 Å². The van der Waals surface area contributed by atoms with Crippen molar-refractivity contribution in [3.63, 3.8) is 0 Å². The zero-order valence-electron chi connectivity index (χ0n) is 12.2. The monoisotopic (exact) mass is 289 g/mol. The third kappa shape index (κ3) is 3.11. The number of likely N-dealkylation sites (N-methyl/N-ethyl adjacent to an activating group) is 1. The molecule has 0 bridgehead atoms. The van der Waals surface area contributed by atoms with E-state index in [0.717, 1.165) is 13.1 Å². The second-order valence-corrected chi connectivity index (χ2v) is 4.74. The third-order valence-electron chi connectivity index (χ3n) is 3.59. The molecule has 1 aromatic heterocycles. The Morgan fingerprint density at radius 2 is 1.95 bits per heavy atom. The minimum Gasteiger partial charge on any atom is -0.476 e. The summed E-state index contributed by atoms with van der Waals surface area (Å²) in [4.78, 5) is 29.6. The minimum absolute atomic E-state index is 0.423. The summed E-state index contributed by atoms with van der Waals surface area (Å²) in [6.45, 7) is 7.03. The topological polar surface area (TPSA) is 75.4 Å². The van der Waals surface area contributed by atoms with Crippen molar-refractivity contribution in [1.29, 1.82) is 0 Å². The van der Waals surface area contributed by atoms with Gasteiger partial charge in [-0.1, -0.05) is 26.0 Å².